The minimum Gasteiger partial charge on any atom is -0.345 e. The van der Waals surface area contributed by atoms with E-state index in [9.17, 15) is 9.59 Å². The predicted octanol–water partition coefficient (Wildman–Crippen LogP) is 2.69. The molecule has 7 heteroatoms. The summed E-state index contributed by atoms with van der Waals surface area (Å²) in [4.78, 5) is 35.1. The van der Waals surface area contributed by atoms with Crippen molar-refractivity contribution in [3.05, 3.63) is 71.9 Å². The Kier molecular flexibility index (Phi) is 6.78. The monoisotopic (exact) mass is 431 g/mol. The SMILES string of the molecule is CN(C)C(=O)c1ccc(NC(=O)CN2CCN(Cc3cccc4cccnc34)CC2)cc1. The lowest BCUT2D eigenvalue weighted by molar-refractivity contribution is -0.117. The smallest absolute Gasteiger partial charge is 0.253 e. The number of nitrogens with zero attached hydrogens (tertiary/aromatic N) is 4. The second-order valence-corrected chi connectivity index (χ2v) is 8.37. The van der Waals surface area contributed by atoms with Crippen LogP contribution in [0.4, 0.5) is 5.69 Å². The van der Waals surface area contributed by atoms with Gasteiger partial charge in [0.2, 0.25) is 5.91 Å². The van der Waals surface area contributed by atoms with Gasteiger partial charge in [-0.3, -0.25) is 24.4 Å². The van der Waals surface area contributed by atoms with Crippen LogP contribution in [0.5, 0.6) is 0 Å². The summed E-state index contributed by atoms with van der Waals surface area (Å²) >= 11 is 0. The third kappa shape index (κ3) is 5.30. The molecule has 2 aromatic carbocycles. The molecule has 0 atom stereocenters. The van der Waals surface area contributed by atoms with Gasteiger partial charge in [0, 0.05) is 69.7 Å². The summed E-state index contributed by atoms with van der Waals surface area (Å²) in [6.45, 7) is 4.76. The van der Waals surface area contributed by atoms with Crippen molar-refractivity contribution < 1.29 is 9.59 Å². The van der Waals surface area contributed by atoms with Crippen molar-refractivity contribution in [1.29, 1.82) is 0 Å². The van der Waals surface area contributed by atoms with Crippen molar-refractivity contribution in [2.24, 2.45) is 0 Å². The molecule has 0 radical (unpaired) electrons. The van der Waals surface area contributed by atoms with Gasteiger partial charge < -0.3 is 10.2 Å². The van der Waals surface area contributed by atoms with Gasteiger partial charge in [-0.15, -0.1) is 0 Å². The number of amides is 2. The Bertz CT molecular complexity index is 1080. The first kappa shape index (κ1) is 21.9. The summed E-state index contributed by atoms with van der Waals surface area (Å²) in [5.74, 6) is -0.0941. The maximum Gasteiger partial charge on any atom is 0.253 e. The lowest BCUT2D eigenvalue weighted by atomic mass is 10.1. The summed E-state index contributed by atoms with van der Waals surface area (Å²) in [6, 6.07) is 17.4. The van der Waals surface area contributed by atoms with Crippen LogP contribution in [0.15, 0.2) is 60.8 Å². The number of para-hydroxylation sites is 1. The van der Waals surface area contributed by atoms with E-state index in [4.69, 9.17) is 0 Å². The first-order chi connectivity index (χ1) is 15.5. The molecule has 1 N–H and O–H groups in total. The summed E-state index contributed by atoms with van der Waals surface area (Å²) in [7, 11) is 3.44. The Balaban J connectivity index is 1.26. The van der Waals surface area contributed by atoms with Crippen molar-refractivity contribution in [2.75, 3.05) is 52.1 Å². The van der Waals surface area contributed by atoms with Crippen molar-refractivity contribution in [1.82, 2.24) is 19.7 Å². The average molecular weight is 432 g/mol. The minimum atomic E-state index is -0.0555. The van der Waals surface area contributed by atoms with E-state index in [0.717, 1.165) is 38.2 Å². The molecular weight excluding hydrogens is 402 g/mol. The van der Waals surface area contributed by atoms with Crippen molar-refractivity contribution in [2.45, 2.75) is 6.54 Å². The molecule has 0 unspecified atom stereocenters. The Hall–Kier alpha value is -3.29. The minimum absolute atomic E-state index is 0.0385. The molecule has 0 saturated carbocycles. The molecule has 166 valence electrons. The summed E-state index contributed by atoms with van der Waals surface area (Å²) in [6.07, 6.45) is 1.84. The second kappa shape index (κ2) is 9.89. The van der Waals surface area contributed by atoms with E-state index >= 15 is 0 Å². The standard InChI is InChI=1S/C25H29N5O2/c1-28(2)25(32)20-8-10-22(11-9-20)27-23(31)18-30-15-13-29(14-16-30)17-21-6-3-5-19-7-4-12-26-24(19)21/h3-12H,13-18H2,1-2H3,(H,27,31). The maximum atomic E-state index is 12.5. The van der Waals surface area contributed by atoms with Crippen molar-refractivity contribution >= 4 is 28.4 Å². The fourth-order valence-electron chi connectivity index (χ4n) is 4.00. The van der Waals surface area contributed by atoms with Crippen molar-refractivity contribution in [3.63, 3.8) is 0 Å². The van der Waals surface area contributed by atoms with E-state index in [1.165, 1.54) is 15.8 Å². The topological polar surface area (TPSA) is 68.8 Å². The summed E-state index contributed by atoms with van der Waals surface area (Å²) in [5.41, 5.74) is 3.61. The summed E-state index contributed by atoms with van der Waals surface area (Å²) in [5, 5.41) is 4.09. The molecule has 0 aliphatic carbocycles. The molecule has 1 aliphatic rings. The lowest BCUT2D eigenvalue weighted by Crippen LogP contribution is -2.48. The molecule has 2 amide bonds. The van der Waals surface area contributed by atoms with Gasteiger partial charge in [-0.1, -0.05) is 24.3 Å². The van der Waals surface area contributed by atoms with Crippen LogP contribution in [0.2, 0.25) is 0 Å². The molecule has 3 aromatic rings. The number of nitrogens with one attached hydrogen (secondary N) is 1. The van der Waals surface area contributed by atoms with Crippen LogP contribution in [0.25, 0.3) is 10.9 Å². The molecule has 4 rings (SSSR count). The molecule has 2 heterocycles. The number of pyridine rings is 1. The van der Waals surface area contributed by atoms with E-state index in [1.807, 2.05) is 12.3 Å². The Morgan fingerprint density at radius 3 is 2.34 bits per heavy atom. The van der Waals surface area contributed by atoms with Gasteiger partial charge in [-0.05, 0) is 35.9 Å². The van der Waals surface area contributed by atoms with Crippen LogP contribution in [0.1, 0.15) is 15.9 Å². The van der Waals surface area contributed by atoms with Crippen molar-refractivity contribution in [3.8, 4) is 0 Å². The molecule has 0 bridgehead atoms. The number of rotatable bonds is 6. The van der Waals surface area contributed by atoms with Gasteiger partial charge in [-0.25, -0.2) is 0 Å². The van der Waals surface area contributed by atoms with Gasteiger partial charge in [0.15, 0.2) is 0 Å². The molecule has 1 fully saturated rings. The molecule has 1 saturated heterocycles. The van der Waals surface area contributed by atoms with Crippen LogP contribution < -0.4 is 5.32 Å². The van der Waals surface area contributed by atoms with Gasteiger partial charge in [-0.2, -0.15) is 0 Å². The highest BCUT2D eigenvalue weighted by Crippen LogP contribution is 2.18. The average Bonchev–Trinajstić information content (AvgIpc) is 2.80. The van der Waals surface area contributed by atoms with E-state index in [-0.39, 0.29) is 11.8 Å². The first-order valence-electron chi connectivity index (χ1n) is 10.9. The predicted molar refractivity (Wildman–Crippen MR) is 127 cm³/mol. The third-order valence-electron chi connectivity index (χ3n) is 5.76. The number of hydrogen-bond acceptors (Lipinski definition) is 5. The zero-order valence-corrected chi connectivity index (χ0v) is 18.6. The molecule has 1 aliphatic heterocycles. The number of aromatic nitrogens is 1. The molecular formula is C25H29N5O2. The largest absolute Gasteiger partial charge is 0.345 e. The zero-order valence-electron chi connectivity index (χ0n) is 18.6. The van der Waals surface area contributed by atoms with Gasteiger partial charge >= 0.3 is 0 Å². The van der Waals surface area contributed by atoms with Crippen LogP contribution in [0.3, 0.4) is 0 Å². The third-order valence-corrected chi connectivity index (χ3v) is 5.76. The zero-order chi connectivity index (χ0) is 22.5. The number of anilines is 1. The highest BCUT2D eigenvalue weighted by Gasteiger charge is 2.20. The fourth-order valence-corrected chi connectivity index (χ4v) is 4.00. The van der Waals surface area contributed by atoms with Crippen LogP contribution in [0, 0.1) is 0 Å². The first-order valence-corrected chi connectivity index (χ1v) is 10.9. The highest BCUT2D eigenvalue weighted by molar-refractivity contribution is 5.96. The molecule has 1 aromatic heterocycles. The van der Waals surface area contributed by atoms with Gasteiger partial charge in [0.25, 0.3) is 5.91 Å². The molecule has 32 heavy (non-hydrogen) atoms. The van der Waals surface area contributed by atoms with Crippen LogP contribution in [-0.2, 0) is 11.3 Å². The second-order valence-electron chi connectivity index (χ2n) is 8.37. The number of hydrogen-bond donors (Lipinski definition) is 1. The number of carbonyl (C=O) groups is 2. The normalized spacial score (nSPS) is 14.9. The van der Waals surface area contributed by atoms with E-state index in [0.29, 0.717) is 17.8 Å². The highest BCUT2D eigenvalue weighted by atomic mass is 16.2. The summed E-state index contributed by atoms with van der Waals surface area (Å²) < 4.78 is 0. The number of piperazine rings is 1. The quantitative estimate of drug-likeness (QED) is 0.650. The molecule has 7 nitrogen and oxygen atoms in total. The number of fused-ring (bicyclic) bond motifs is 1. The van der Waals surface area contributed by atoms with Gasteiger partial charge in [0.1, 0.15) is 0 Å². The maximum absolute atomic E-state index is 12.5. The van der Waals surface area contributed by atoms with E-state index in [2.05, 4.69) is 44.4 Å². The van der Waals surface area contributed by atoms with Crippen LogP contribution in [-0.4, -0.2) is 78.3 Å². The fraction of sp³-hybridized carbons (Fsp3) is 0.320. The van der Waals surface area contributed by atoms with Gasteiger partial charge in [0.05, 0.1) is 12.1 Å². The number of carbonyl (C=O) groups excluding carboxylic acids is 2. The Morgan fingerprint density at radius 2 is 1.62 bits per heavy atom. The van der Waals surface area contributed by atoms with Crippen LogP contribution >= 0.6 is 0 Å². The number of benzene rings is 2. The Labute approximate surface area is 188 Å². The van der Waals surface area contributed by atoms with E-state index < -0.39 is 0 Å². The Morgan fingerprint density at radius 1 is 0.938 bits per heavy atom. The molecule has 0 spiro atoms. The van der Waals surface area contributed by atoms with E-state index in [1.54, 1.807) is 38.4 Å². The lowest BCUT2D eigenvalue weighted by Gasteiger charge is -2.34.